The highest BCUT2D eigenvalue weighted by atomic mass is 32.2. The van der Waals surface area contributed by atoms with Gasteiger partial charge in [-0.1, -0.05) is 49.2 Å². The van der Waals surface area contributed by atoms with Crippen LogP contribution in [0.15, 0.2) is 40.3 Å². The molecule has 1 fully saturated rings. The molecule has 0 N–H and O–H groups in total. The predicted molar refractivity (Wildman–Crippen MR) is 106 cm³/mol. The second-order valence-corrected chi connectivity index (χ2v) is 8.09. The molecule has 8 heteroatoms. The van der Waals surface area contributed by atoms with E-state index in [1.807, 2.05) is 49.0 Å². The van der Waals surface area contributed by atoms with Crippen LogP contribution in [-0.2, 0) is 7.05 Å². The highest BCUT2D eigenvalue weighted by molar-refractivity contribution is 7.99. The van der Waals surface area contributed by atoms with Crippen LogP contribution in [0.4, 0.5) is 0 Å². The molecule has 0 unspecified atom stereocenters. The Balaban J connectivity index is 1.67. The van der Waals surface area contributed by atoms with E-state index in [9.17, 15) is 4.79 Å². The number of hydrogen-bond acceptors (Lipinski definition) is 5. The van der Waals surface area contributed by atoms with Gasteiger partial charge in [-0.25, -0.2) is 4.68 Å². The average molecular weight is 385 g/mol. The number of benzene rings is 1. The maximum Gasteiger partial charge on any atom is 0.297 e. The number of thioether (sulfide) groups is 1. The Hall–Kier alpha value is -2.35. The van der Waals surface area contributed by atoms with Gasteiger partial charge in [0.05, 0.1) is 11.4 Å². The molecule has 0 saturated heterocycles. The van der Waals surface area contributed by atoms with Gasteiger partial charge in [0.2, 0.25) is 5.16 Å². The first-order valence-corrected chi connectivity index (χ1v) is 10.4. The van der Waals surface area contributed by atoms with Crippen molar-refractivity contribution in [3.8, 4) is 11.4 Å². The molecule has 27 heavy (non-hydrogen) atoms. The monoisotopic (exact) mass is 384 g/mol. The Morgan fingerprint density at radius 3 is 2.63 bits per heavy atom. The second kappa shape index (κ2) is 7.72. The first-order valence-electron chi connectivity index (χ1n) is 9.42. The van der Waals surface area contributed by atoms with E-state index in [2.05, 4.69) is 15.5 Å². The van der Waals surface area contributed by atoms with Crippen LogP contribution in [0.2, 0.25) is 0 Å². The van der Waals surface area contributed by atoms with E-state index < -0.39 is 0 Å². The molecule has 0 amide bonds. The summed E-state index contributed by atoms with van der Waals surface area (Å²) in [6, 6.07) is 9.62. The van der Waals surface area contributed by atoms with Crippen molar-refractivity contribution in [1.82, 2.24) is 29.6 Å². The maximum absolute atomic E-state index is 13.2. The van der Waals surface area contributed by atoms with Gasteiger partial charge in [-0.15, -0.1) is 5.10 Å². The predicted octanol–water partition coefficient (Wildman–Crippen LogP) is 3.13. The fourth-order valence-electron chi connectivity index (χ4n) is 3.75. The molecule has 0 atom stereocenters. The molecule has 0 radical (unpaired) electrons. The van der Waals surface area contributed by atoms with E-state index in [4.69, 9.17) is 0 Å². The first kappa shape index (κ1) is 18.0. The van der Waals surface area contributed by atoms with Crippen LogP contribution < -0.4 is 5.56 Å². The molecular formula is C19H24N6OS. The third kappa shape index (κ3) is 3.45. The van der Waals surface area contributed by atoms with Crippen molar-refractivity contribution in [3.63, 3.8) is 0 Å². The van der Waals surface area contributed by atoms with E-state index in [0.29, 0.717) is 16.8 Å². The van der Waals surface area contributed by atoms with Crippen LogP contribution in [0.25, 0.3) is 11.4 Å². The van der Waals surface area contributed by atoms with Gasteiger partial charge in [0.1, 0.15) is 0 Å². The summed E-state index contributed by atoms with van der Waals surface area (Å²) < 4.78 is 5.11. The van der Waals surface area contributed by atoms with Crippen LogP contribution in [0.3, 0.4) is 0 Å². The molecule has 3 aromatic rings. The van der Waals surface area contributed by atoms with Crippen LogP contribution >= 0.6 is 11.8 Å². The fraction of sp³-hybridized carbons (Fsp3) is 0.474. The Kier molecular flexibility index (Phi) is 5.15. The van der Waals surface area contributed by atoms with Crippen molar-refractivity contribution >= 4 is 11.8 Å². The summed E-state index contributed by atoms with van der Waals surface area (Å²) in [5.41, 5.74) is 2.05. The zero-order valence-corrected chi connectivity index (χ0v) is 16.5. The quantitative estimate of drug-likeness (QED) is 0.632. The van der Waals surface area contributed by atoms with Crippen molar-refractivity contribution in [2.45, 2.75) is 44.2 Å². The van der Waals surface area contributed by atoms with Gasteiger partial charge in [-0.3, -0.25) is 9.48 Å². The smallest absolute Gasteiger partial charge is 0.283 e. The van der Waals surface area contributed by atoms with Crippen molar-refractivity contribution in [3.05, 3.63) is 46.4 Å². The lowest BCUT2D eigenvalue weighted by Crippen LogP contribution is -2.22. The summed E-state index contributed by atoms with van der Waals surface area (Å²) in [7, 11) is 1.88. The van der Waals surface area contributed by atoms with Crippen molar-refractivity contribution in [1.29, 1.82) is 0 Å². The minimum absolute atomic E-state index is 0.118. The average Bonchev–Trinajstić information content (AvgIpc) is 3.24. The van der Waals surface area contributed by atoms with Crippen LogP contribution in [0.5, 0.6) is 0 Å². The Morgan fingerprint density at radius 1 is 1.15 bits per heavy atom. The lowest BCUT2D eigenvalue weighted by Gasteiger charge is -2.20. The Bertz CT molecular complexity index is 968. The minimum atomic E-state index is -0.118. The van der Waals surface area contributed by atoms with E-state index in [-0.39, 0.29) is 5.56 Å². The van der Waals surface area contributed by atoms with E-state index in [1.54, 1.807) is 21.1 Å². The highest BCUT2D eigenvalue weighted by Gasteiger charge is 2.23. The molecule has 1 saturated carbocycles. The molecule has 1 aromatic carbocycles. The molecule has 4 rings (SSSR count). The van der Waals surface area contributed by atoms with E-state index in [1.165, 1.54) is 32.1 Å². The van der Waals surface area contributed by atoms with Crippen molar-refractivity contribution in [2.24, 2.45) is 13.0 Å². The third-order valence-corrected chi connectivity index (χ3v) is 6.50. The van der Waals surface area contributed by atoms with Crippen molar-refractivity contribution in [2.75, 3.05) is 5.75 Å². The number of hydrogen-bond donors (Lipinski definition) is 0. The number of tetrazole rings is 1. The van der Waals surface area contributed by atoms with Crippen LogP contribution in [0.1, 0.15) is 37.8 Å². The zero-order valence-electron chi connectivity index (χ0n) is 15.7. The van der Waals surface area contributed by atoms with Gasteiger partial charge < -0.3 is 0 Å². The maximum atomic E-state index is 13.2. The van der Waals surface area contributed by atoms with Crippen molar-refractivity contribution < 1.29 is 0 Å². The zero-order chi connectivity index (χ0) is 18.8. The number of nitrogens with zero attached hydrogens (tertiary/aromatic N) is 6. The standard InChI is InChI=1S/C19H24N6OS/c1-14-17(18(26)25(23(14)2)16-11-7-4-8-12-16)24-19(20-21-22-24)27-13-15-9-5-3-6-10-15/h4,7-8,11-12,15H,3,5-6,9-10,13H2,1-2H3. The van der Waals surface area contributed by atoms with Gasteiger partial charge in [0.15, 0.2) is 5.69 Å². The molecule has 0 aliphatic heterocycles. The summed E-state index contributed by atoms with van der Waals surface area (Å²) in [5.74, 6) is 1.71. The summed E-state index contributed by atoms with van der Waals surface area (Å²) >= 11 is 1.65. The number of aromatic nitrogens is 6. The van der Waals surface area contributed by atoms with Gasteiger partial charge in [-0.05, 0) is 48.2 Å². The Labute approximate surface area is 162 Å². The molecule has 0 bridgehead atoms. The summed E-state index contributed by atoms with van der Waals surface area (Å²) in [5, 5.41) is 12.8. The SMILES string of the molecule is Cc1c(-n2nnnc2SCC2CCCCC2)c(=O)n(-c2ccccc2)n1C. The summed E-state index contributed by atoms with van der Waals surface area (Å²) in [6.07, 6.45) is 6.53. The second-order valence-electron chi connectivity index (χ2n) is 7.10. The van der Waals surface area contributed by atoms with Crippen LogP contribution in [0, 0.1) is 12.8 Å². The molecule has 1 aliphatic carbocycles. The lowest BCUT2D eigenvalue weighted by atomic mass is 9.91. The molecule has 2 aromatic heterocycles. The third-order valence-electron chi connectivity index (χ3n) is 5.35. The van der Waals surface area contributed by atoms with Gasteiger partial charge in [0, 0.05) is 12.8 Å². The number of para-hydroxylation sites is 1. The number of rotatable bonds is 5. The van der Waals surface area contributed by atoms with Gasteiger partial charge in [0.25, 0.3) is 5.56 Å². The molecular weight excluding hydrogens is 360 g/mol. The first-order chi connectivity index (χ1) is 13.2. The van der Waals surface area contributed by atoms with Gasteiger partial charge in [-0.2, -0.15) is 4.68 Å². The van der Waals surface area contributed by atoms with E-state index >= 15 is 0 Å². The van der Waals surface area contributed by atoms with Crippen LogP contribution in [-0.4, -0.2) is 35.3 Å². The highest BCUT2D eigenvalue weighted by Crippen LogP contribution is 2.29. The van der Waals surface area contributed by atoms with E-state index in [0.717, 1.165) is 17.1 Å². The topological polar surface area (TPSA) is 70.5 Å². The minimum Gasteiger partial charge on any atom is -0.283 e. The summed E-state index contributed by atoms with van der Waals surface area (Å²) in [4.78, 5) is 13.2. The summed E-state index contributed by atoms with van der Waals surface area (Å²) in [6.45, 7) is 1.92. The normalized spacial score (nSPS) is 15.3. The fourth-order valence-corrected chi connectivity index (χ4v) is 4.82. The molecule has 2 heterocycles. The Morgan fingerprint density at radius 2 is 1.89 bits per heavy atom. The molecule has 142 valence electrons. The largest absolute Gasteiger partial charge is 0.297 e. The molecule has 0 spiro atoms. The molecule has 1 aliphatic rings. The molecule has 7 nitrogen and oxygen atoms in total. The van der Waals surface area contributed by atoms with Gasteiger partial charge >= 0.3 is 0 Å². The lowest BCUT2D eigenvalue weighted by molar-refractivity contribution is 0.390.